The minimum atomic E-state index is 0.568. The standard InChI is InChI=1S/C28H50O4/c1-3-5-7-9-10-11-13-15-27-16-18-28(19-17-27)32-26-25-31-24-23-30-22-21-29-20-14-12-8-6-4-2/h16-19H,3-15,20-26H2,1-2H3. The van der Waals surface area contributed by atoms with Gasteiger partial charge in [-0.3, -0.25) is 0 Å². The summed E-state index contributed by atoms with van der Waals surface area (Å²) in [4.78, 5) is 0. The van der Waals surface area contributed by atoms with E-state index in [-0.39, 0.29) is 0 Å². The molecule has 0 aromatic heterocycles. The van der Waals surface area contributed by atoms with Crippen molar-refractivity contribution in [3.8, 4) is 5.75 Å². The summed E-state index contributed by atoms with van der Waals surface area (Å²) in [6.45, 7) is 9.01. The quantitative estimate of drug-likeness (QED) is 0.154. The highest BCUT2D eigenvalue weighted by Gasteiger charge is 1.98. The van der Waals surface area contributed by atoms with Gasteiger partial charge in [-0.2, -0.15) is 0 Å². The van der Waals surface area contributed by atoms with Crippen LogP contribution in [0, 0.1) is 0 Å². The van der Waals surface area contributed by atoms with E-state index in [1.807, 2.05) is 0 Å². The van der Waals surface area contributed by atoms with Gasteiger partial charge in [0.05, 0.1) is 33.0 Å². The van der Waals surface area contributed by atoms with Crippen LogP contribution in [0.1, 0.15) is 96.5 Å². The lowest BCUT2D eigenvalue weighted by atomic mass is 10.0. The molecule has 0 aliphatic heterocycles. The molecule has 1 rings (SSSR count). The van der Waals surface area contributed by atoms with Gasteiger partial charge in [0, 0.05) is 6.61 Å². The topological polar surface area (TPSA) is 36.9 Å². The first-order chi connectivity index (χ1) is 15.9. The van der Waals surface area contributed by atoms with Crippen LogP contribution in [0.5, 0.6) is 5.75 Å². The maximum absolute atomic E-state index is 5.76. The fourth-order valence-electron chi connectivity index (χ4n) is 3.61. The average molecular weight is 451 g/mol. The number of ether oxygens (including phenoxy) is 4. The highest BCUT2D eigenvalue weighted by atomic mass is 16.6. The number of unbranched alkanes of at least 4 members (excludes halogenated alkanes) is 10. The van der Waals surface area contributed by atoms with Gasteiger partial charge in [-0.1, -0.05) is 90.2 Å². The second-order valence-electron chi connectivity index (χ2n) is 8.62. The van der Waals surface area contributed by atoms with Crippen molar-refractivity contribution >= 4 is 0 Å². The molecule has 0 saturated heterocycles. The molecule has 0 fully saturated rings. The van der Waals surface area contributed by atoms with Crippen molar-refractivity contribution in [3.05, 3.63) is 29.8 Å². The van der Waals surface area contributed by atoms with Gasteiger partial charge in [-0.25, -0.2) is 0 Å². The Morgan fingerprint density at radius 2 is 0.938 bits per heavy atom. The van der Waals surface area contributed by atoms with Crippen LogP contribution in [0.25, 0.3) is 0 Å². The summed E-state index contributed by atoms with van der Waals surface area (Å²) >= 11 is 0. The molecular formula is C28H50O4. The molecule has 32 heavy (non-hydrogen) atoms. The van der Waals surface area contributed by atoms with Crippen molar-refractivity contribution in [2.24, 2.45) is 0 Å². The molecule has 4 heteroatoms. The third kappa shape index (κ3) is 18.5. The van der Waals surface area contributed by atoms with E-state index in [4.69, 9.17) is 18.9 Å². The van der Waals surface area contributed by atoms with Crippen molar-refractivity contribution in [2.75, 3.05) is 46.2 Å². The zero-order chi connectivity index (χ0) is 23.0. The first-order valence-corrected chi connectivity index (χ1v) is 13.3. The van der Waals surface area contributed by atoms with Crippen LogP contribution >= 0.6 is 0 Å². The zero-order valence-corrected chi connectivity index (χ0v) is 21.1. The molecule has 0 spiro atoms. The lowest BCUT2D eigenvalue weighted by Crippen LogP contribution is -2.13. The molecule has 4 nitrogen and oxygen atoms in total. The Morgan fingerprint density at radius 3 is 1.53 bits per heavy atom. The summed E-state index contributed by atoms with van der Waals surface area (Å²) in [6, 6.07) is 8.52. The smallest absolute Gasteiger partial charge is 0.119 e. The monoisotopic (exact) mass is 450 g/mol. The molecule has 1 aromatic rings. The Balaban J connectivity index is 1.86. The van der Waals surface area contributed by atoms with Gasteiger partial charge in [-0.15, -0.1) is 0 Å². The molecule has 186 valence electrons. The number of hydrogen-bond donors (Lipinski definition) is 0. The first kappa shape index (κ1) is 28.9. The molecule has 1 aromatic carbocycles. The highest BCUT2D eigenvalue weighted by molar-refractivity contribution is 5.27. The Bertz CT molecular complexity index is 489. The van der Waals surface area contributed by atoms with Crippen molar-refractivity contribution in [1.82, 2.24) is 0 Å². The minimum Gasteiger partial charge on any atom is -0.491 e. The lowest BCUT2D eigenvalue weighted by Gasteiger charge is -2.09. The number of hydrogen-bond acceptors (Lipinski definition) is 4. The van der Waals surface area contributed by atoms with Gasteiger partial charge in [0.15, 0.2) is 0 Å². The van der Waals surface area contributed by atoms with E-state index in [0.717, 1.165) is 18.8 Å². The van der Waals surface area contributed by atoms with Crippen LogP contribution in [0.2, 0.25) is 0 Å². The predicted octanol–water partition coefficient (Wildman–Crippen LogP) is 7.38. The van der Waals surface area contributed by atoms with Gasteiger partial charge >= 0.3 is 0 Å². The molecule has 0 amide bonds. The second-order valence-corrected chi connectivity index (χ2v) is 8.62. The van der Waals surface area contributed by atoms with E-state index in [1.165, 1.54) is 82.6 Å². The Labute approximate surface area is 198 Å². The van der Waals surface area contributed by atoms with Crippen LogP contribution in [-0.4, -0.2) is 46.2 Å². The number of rotatable bonds is 24. The maximum Gasteiger partial charge on any atom is 0.119 e. The van der Waals surface area contributed by atoms with Crippen LogP contribution in [0.15, 0.2) is 24.3 Å². The van der Waals surface area contributed by atoms with Gasteiger partial charge in [-0.05, 0) is 37.0 Å². The van der Waals surface area contributed by atoms with Gasteiger partial charge in [0.2, 0.25) is 0 Å². The normalized spacial score (nSPS) is 11.2. The summed E-state index contributed by atoms with van der Waals surface area (Å²) in [6.07, 6.45) is 17.0. The van der Waals surface area contributed by atoms with Crippen LogP contribution in [0.3, 0.4) is 0 Å². The average Bonchev–Trinajstić information content (AvgIpc) is 2.82. The van der Waals surface area contributed by atoms with Crippen molar-refractivity contribution in [1.29, 1.82) is 0 Å². The number of aryl methyl sites for hydroxylation is 1. The van der Waals surface area contributed by atoms with E-state index in [9.17, 15) is 0 Å². The van der Waals surface area contributed by atoms with Crippen LogP contribution in [-0.2, 0) is 20.6 Å². The van der Waals surface area contributed by atoms with E-state index >= 15 is 0 Å². The SMILES string of the molecule is CCCCCCCCCc1ccc(OCCOCCOCCOCCCCCCC)cc1. The Morgan fingerprint density at radius 1 is 0.469 bits per heavy atom. The predicted molar refractivity (Wildman–Crippen MR) is 135 cm³/mol. The first-order valence-electron chi connectivity index (χ1n) is 13.3. The van der Waals surface area contributed by atoms with E-state index in [2.05, 4.69) is 38.1 Å². The summed E-state index contributed by atoms with van der Waals surface area (Å²) in [7, 11) is 0. The molecule has 0 unspecified atom stereocenters. The third-order valence-electron chi connectivity index (χ3n) is 5.63. The fourth-order valence-corrected chi connectivity index (χ4v) is 3.61. The lowest BCUT2D eigenvalue weighted by molar-refractivity contribution is 0.00878. The molecule has 0 atom stereocenters. The molecule has 0 N–H and O–H groups in total. The molecule has 0 bridgehead atoms. The summed E-state index contributed by atoms with van der Waals surface area (Å²) in [5.41, 5.74) is 1.40. The largest absolute Gasteiger partial charge is 0.491 e. The minimum absolute atomic E-state index is 0.568. The Kier molecular flexibility index (Phi) is 20.9. The zero-order valence-electron chi connectivity index (χ0n) is 21.1. The van der Waals surface area contributed by atoms with Crippen LogP contribution < -0.4 is 4.74 Å². The molecule has 0 saturated carbocycles. The summed E-state index contributed by atoms with van der Waals surface area (Å²) in [5.74, 6) is 0.917. The van der Waals surface area contributed by atoms with E-state index in [0.29, 0.717) is 39.6 Å². The molecule has 0 aliphatic rings. The molecule has 0 heterocycles. The van der Waals surface area contributed by atoms with Gasteiger partial charge in [0.1, 0.15) is 12.4 Å². The highest BCUT2D eigenvalue weighted by Crippen LogP contribution is 2.15. The van der Waals surface area contributed by atoms with E-state index < -0.39 is 0 Å². The van der Waals surface area contributed by atoms with Gasteiger partial charge < -0.3 is 18.9 Å². The molecule has 0 aliphatic carbocycles. The van der Waals surface area contributed by atoms with E-state index in [1.54, 1.807) is 0 Å². The van der Waals surface area contributed by atoms with Crippen molar-refractivity contribution in [2.45, 2.75) is 97.3 Å². The second kappa shape index (κ2) is 23.1. The van der Waals surface area contributed by atoms with Gasteiger partial charge in [0.25, 0.3) is 0 Å². The Hall–Kier alpha value is -1.10. The summed E-state index contributed by atoms with van der Waals surface area (Å²) in [5, 5.41) is 0. The number of benzene rings is 1. The molecule has 0 radical (unpaired) electrons. The third-order valence-corrected chi connectivity index (χ3v) is 5.63. The van der Waals surface area contributed by atoms with Crippen molar-refractivity contribution < 1.29 is 18.9 Å². The fraction of sp³-hybridized carbons (Fsp3) is 0.786. The molecular weight excluding hydrogens is 400 g/mol. The maximum atomic E-state index is 5.76. The van der Waals surface area contributed by atoms with Crippen LogP contribution in [0.4, 0.5) is 0 Å². The summed E-state index contributed by atoms with van der Waals surface area (Å²) < 4.78 is 22.4. The van der Waals surface area contributed by atoms with Crippen molar-refractivity contribution in [3.63, 3.8) is 0 Å².